The number of phenols is 1. The van der Waals surface area contributed by atoms with Crippen LogP contribution in [-0.4, -0.2) is 59.4 Å². The number of aromatic hydroxyl groups is 1. The Kier molecular flexibility index (Phi) is 9.58. The number of fused-ring (bicyclic) bond motifs is 1. The number of halogens is 1. The topological polar surface area (TPSA) is 121 Å². The van der Waals surface area contributed by atoms with Gasteiger partial charge in [-0.2, -0.15) is 0 Å². The van der Waals surface area contributed by atoms with Crippen molar-refractivity contribution in [1.29, 1.82) is 0 Å². The van der Waals surface area contributed by atoms with E-state index >= 15 is 0 Å². The van der Waals surface area contributed by atoms with Gasteiger partial charge in [0.15, 0.2) is 27.3 Å². The zero-order valence-electron chi connectivity index (χ0n) is 23.7. The number of hydrogen-bond donors (Lipinski definition) is 1. The minimum atomic E-state index is -0.273. The standard InChI is InChI=1S/C29H28BrN5O6S2/c1-38-23-8-5-17(9-22(23)36)13-35(20-11-24(39-2)28(41-4)25(12-20)40-3)27(37)15-34-14-19(32-33-34)16-42-29-31-21-7-6-18(30)10-26(21)43-29/h5-12,14,36H,13,15-16H2,1-4H3. The van der Waals surface area contributed by atoms with Crippen LogP contribution in [0.25, 0.3) is 10.2 Å². The van der Waals surface area contributed by atoms with Crippen LogP contribution >= 0.6 is 39.0 Å². The molecule has 0 atom stereocenters. The van der Waals surface area contributed by atoms with E-state index < -0.39 is 0 Å². The summed E-state index contributed by atoms with van der Waals surface area (Å²) in [6, 6.07) is 14.4. The minimum Gasteiger partial charge on any atom is -0.504 e. The molecule has 5 aromatic rings. The molecule has 5 rings (SSSR count). The Bertz CT molecular complexity index is 1740. The Morgan fingerprint density at radius 3 is 2.42 bits per heavy atom. The van der Waals surface area contributed by atoms with Crippen molar-refractivity contribution in [2.45, 2.75) is 23.2 Å². The Morgan fingerprint density at radius 1 is 1.00 bits per heavy atom. The Labute approximate surface area is 264 Å². The van der Waals surface area contributed by atoms with E-state index in [2.05, 4.69) is 31.2 Å². The molecule has 3 aromatic carbocycles. The third-order valence-electron chi connectivity index (χ3n) is 6.40. The van der Waals surface area contributed by atoms with E-state index in [1.807, 2.05) is 18.2 Å². The van der Waals surface area contributed by atoms with Crippen LogP contribution in [0.1, 0.15) is 11.3 Å². The SMILES string of the molecule is COc1ccc(CN(C(=O)Cn2cc(CSc3nc4ccc(Br)cc4s3)nn2)c2cc(OC)c(OC)c(OC)c2)cc1O. The molecule has 2 aromatic heterocycles. The molecule has 43 heavy (non-hydrogen) atoms. The van der Waals surface area contributed by atoms with Crippen LogP contribution in [0, 0.1) is 0 Å². The van der Waals surface area contributed by atoms with Crippen molar-refractivity contribution >= 4 is 60.8 Å². The number of hydrogen-bond acceptors (Lipinski definition) is 11. The normalized spacial score (nSPS) is 11.0. The summed E-state index contributed by atoms with van der Waals surface area (Å²) in [6.45, 7) is 0.0613. The van der Waals surface area contributed by atoms with Crippen LogP contribution in [0.5, 0.6) is 28.7 Å². The molecule has 0 spiro atoms. The molecule has 224 valence electrons. The molecule has 0 radical (unpaired) electrons. The predicted molar refractivity (Wildman–Crippen MR) is 169 cm³/mol. The number of thiazole rings is 1. The van der Waals surface area contributed by atoms with E-state index in [9.17, 15) is 9.90 Å². The second-order valence-electron chi connectivity index (χ2n) is 9.16. The average Bonchev–Trinajstić information content (AvgIpc) is 3.63. The van der Waals surface area contributed by atoms with Gasteiger partial charge in [0, 0.05) is 28.6 Å². The smallest absolute Gasteiger partial charge is 0.249 e. The Balaban J connectivity index is 1.37. The van der Waals surface area contributed by atoms with Crippen molar-refractivity contribution in [3.63, 3.8) is 0 Å². The molecule has 0 aliphatic heterocycles. The van der Waals surface area contributed by atoms with Crippen molar-refractivity contribution < 1.29 is 28.8 Å². The van der Waals surface area contributed by atoms with Crippen molar-refractivity contribution in [3.05, 3.63) is 70.5 Å². The molecule has 0 fully saturated rings. The van der Waals surface area contributed by atoms with Crippen LogP contribution < -0.4 is 23.8 Å². The lowest BCUT2D eigenvalue weighted by Crippen LogP contribution is -2.33. The highest BCUT2D eigenvalue weighted by Gasteiger charge is 2.23. The number of aromatic nitrogens is 4. The number of phenolic OH excluding ortho intramolecular Hbond substituents is 1. The zero-order valence-corrected chi connectivity index (χ0v) is 27.0. The van der Waals surface area contributed by atoms with E-state index in [0.29, 0.717) is 40.0 Å². The molecule has 0 saturated carbocycles. The van der Waals surface area contributed by atoms with Gasteiger partial charge in [-0.1, -0.05) is 39.0 Å². The summed E-state index contributed by atoms with van der Waals surface area (Å²) >= 11 is 6.68. The van der Waals surface area contributed by atoms with Crippen molar-refractivity contribution in [1.82, 2.24) is 20.0 Å². The highest BCUT2D eigenvalue weighted by atomic mass is 79.9. The van der Waals surface area contributed by atoms with Crippen LogP contribution in [0.3, 0.4) is 0 Å². The first-order chi connectivity index (χ1) is 20.8. The first kappa shape index (κ1) is 30.4. The molecule has 0 bridgehead atoms. The third-order valence-corrected chi connectivity index (χ3v) is 9.09. The fraction of sp³-hybridized carbons (Fsp3) is 0.241. The second kappa shape index (κ2) is 13.5. The molecule has 1 amide bonds. The van der Waals surface area contributed by atoms with Crippen LogP contribution in [0.15, 0.2) is 63.5 Å². The van der Waals surface area contributed by atoms with Gasteiger partial charge in [-0.15, -0.1) is 16.4 Å². The van der Waals surface area contributed by atoms with Gasteiger partial charge >= 0.3 is 0 Å². The average molecular weight is 687 g/mol. The number of rotatable bonds is 12. The maximum absolute atomic E-state index is 13.8. The van der Waals surface area contributed by atoms with E-state index in [1.54, 1.807) is 64.5 Å². The van der Waals surface area contributed by atoms with Gasteiger partial charge in [0.2, 0.25) is 11.7 Å². The molecular weight excluding hydrogens is 658 g/mol. The number of benzene rings is 3. The highest BCUT2D eigenvalue weighted by Crippen LogP contribution is 2.41. The second-order valence-corrected chi connectivity index (χ2v) is 12.3. The van der Waals surface area contributed by atoms with E-state index in [1.165, 1.54) is 33.1 Å². The van der Waals surface area contributed by atoms with Crippen molar-refractivity contribution in [2.75, 3.05) is 33.3 Å². The number of carbonyl (C=O) groups is 1. The third kappa shape index (κ3) is 6.98. The fourth-order valence-electron chi connectivity index (χ4n) is 4.34. The number of carbonyl (C=O) groups excluding carboxylic acids is 1. The molecule has 0 aliphatic rings. The first-order valence-electron chi connectivity index (χ1n) is 12.9. The number of nitrogens with zero attached hydrogens (tertiary/aromatic N) is 5. The molecule has 1 N–H and O–H groups in total. The monoisotopic (exact) mass is 685 g/mol. The van der Waals surface area contributed by atoms with Gasteiger partial charge in [-0.25, -0.2) is 9.67 Å². The molecule has 0 unspecified atom stereocenters. The van der Waals surface area contributed by atoms with Crippen LogP contribution in [0.4, 0.5) is 5.69 Å². The molecule has 0 saturated heterocycles. The Morgan fingerprint density at radius 2 is 1.74 bits per heavy atom. The summed E-state index contributed by atoms with van der Waals surface area (Å²) in [6.07, 6.45) is 1.75. The molecule has 14 heteroatoms. The van der Waals surface area contributed by atoms with Gasteiger partial charge in [-0.05, 0) is 35.9 Å². The summed E-state index contributed by atoms with van der Waals surface area (Å²) in [5.74, 6) is 1.78. The fourth-order valence-corrected chi connectivity index (χ4v) is 6.84. The van der Waals surface area contributed by atoms with Crippen molar-refractivity contribution in [2.24, 2.45) is 0 Å². The summed E-state index contributed by atoms with van der Waals surface area (Å²) in [5, 5.41) is 18.8. The number of thioether (sulfide) groups is 1. The van der Waals surface area contributed by atoms with Crippen LogP contribution in [-0.2, 0) is 23.6 Å². The van der Waals surface area contributed by atoms with Gasteiger partial charge in [-0.3, -0.25) is 4.79 Å². The molecular formula is C29H28BrN5O6S2. The number of ether oxygens (including phenoxy) is 4. The molecule has 2 heterocycles. The summed E-state index contributed by atoms with van der Waals surface area (Å²) in [7, 11) is 6.01. The van der Waals surface area contributed by atoms with Crippen molar-refractivity contribution in [3.8, 4) is 28.7 Å². The number of amides is 1. The number of methoxy groups -OCH3 is 4. The summed E-state index contributed by atoms with van der Waals surface area (Å²) < 4.78 is 26.2. The quantitative estimate of drug-likeness (QED) is 0.159. The van der Waals surface area contributed by atoms with Gasteiger partial charge in [0.1, 0.15) is 6.54 Å². The van der Waals surface area contributed by atoms with Crippen LogP contribution in [0.2, 0.25) is 0 Å². The van der Waals surface area contributed by atoms with Gasteiger partial charge in [0.25, 0.3) is 0 Å². The largest absolute Gasteiger partial charge is 0.504 e. The first-order valence-corrected chi connectivity index (χ1v) is 15.5. The lowest BCUT2D eigenvalue weighted by atomic mass is 10.1. The van der Waals surface area contributed by atoms with Gasteiger partial charge < -0.3 is 29.0 Å². The highest BCUT2D eigenvalue weighted by molar-refractivity contribution is 9.10. The minimum absolute atomic E-state index is 0.0310. The van der Waals surface area contributed by atoms with E-state index in [-0.39, 0.29) is 24.7 Å². The predicted octanol–water partition coefficient (Wildman–Crippen LogP) is 5.92. The molecule has 11 nitrogen and oxygen atoms in total. The number of anilines is 1. The summed E-state index contributed by atoms with van der Waals surface area (Å²) in [5.41, 5.74) is 2.85. The lowest BCUT2D eigenvalue weighted by molar-refractivity contribution is -0.119. The maximum Gasteiger partial charge on any atom is 0.249 e. The van der Waals surface area contributed by atoms with E-state index in [4.69, 9.17) is 18.9 Å². The zero-order chi connectivity index (χ0) is 30.5. The Hall–Kier alpha value is -4.01. The lowest BCUT2D eigenvalue weighted by Gasteiger charge is -2.25. The molecule has 0 aliphatic carbocycles. The maximum atomic E-state index is 13.8. The van der Waals surface area contributed by atoms with E-state index in [0.717, 1.165) is 24.7 Å². The summed E-state index contributed by atoms with van der Waals surface area (Å²) in [4.78, 5) is 20.0. The van der Waals surface area contributed by atoms with Gasteiger partial charge in [0.05, 0.1) is 56.6 Å².